The number of thiophene rings is 1. The first kappa shape index (κ1) is 15.7. The molecule has 21 heavy (non-hydrogen) atoms. The van der Waals surface area contributed by atoms with Crippen LogP contribution in [0.5, 0.6) is 0 Å². The van der Waals surface area contributed by atoms with Crippen molar-refractivity contribution in [2.75, 3.05) is 13.1 Å². The zero-order chi connectivity index (χ0) is 15.1. The molecule has 0 saturated heterocycles. The SMILES string of the molecule is CCN[C@H](C)CNC(=O)CCc1nc(-c2cccs2)no1. The maximum atomic E-state index is 11.7. The third kappa shape index (κ3) is 4.95. The van der Waals surface area contributed by atoms with Crippen molar-refractivity contribution in [3.63, 3.8) is 0 Å². The van der Waals surface area contributed by atoms with Crippen LogP contribution in [-0.4, -0.2) is 35.2 Å². The summed E-state index contributed by atoms with van der Waals surface area (Å²) < 4.78 is 5.16. The van der Waals surface area contributed by atoms with E-state index in [9.17, 15) is 4.79 Å². The van der Waals surface area contributed by atoms with Crippen LogP contribution in [0.1, 0.15) is 26.2 Å². The molecule has 1 atom stereocenters. The molecule has 2 rings (SSSR count). The molecule has 0 unspecified atom stereocenters. The van der Waals surface area contributed by atoms with E-state index in [4.69, 9.17) is 4.52 Å². The summed E-state index contributed by atoms with van der Waals surface area (Å²) >= 11 is 1.56. The van der Waals surface area contributed by atoms with Gasteiger partial charge in [0.1, 0.15) is 0 Å². The first-order valence-corrected chi connectivity index (χ1v) is 7.93. The number of carbonyl (C=O) groups is 1. The predicted molar refractivity (Wildman–Crippen MR) is 82.1 cm³/mol. The molecule has 0 fully saturated rings. The molecule has 0 spiro atoms. The fourth-order valence-electron chi connectivity index (χ4n) is 1.86. The Morgan fingerprint density at radius 2 is 2.38 bits per heavy atom. The molecule has 0 aliphatic heterocycles. The highest BCUT2D eigenvalue weighted by Crippen LogP contribution is 2.21. The lowest BCUT2D eigenvalue weighted by Gasteiger charge is -2.12. The van der Waals surface area contributed by atoms with Gasteiger partial charge in [-0.3, -0.25) is 4.79 Å². The van der Waals surface area contributed by atoms with Crippen molar-refractivity contribution in [2.24, 2.45) is 0 Å². The number of hydrogen-bond donors (Lipinski definition) is 2. The highest BCUT2D eigenvalue weighted by molar-refractivity contribution is 7.13. The van der Waals surface area contributed by atoms with Crippen molar-refractivity contribution in [3.8, 4) is 10.7 Å². The fourth-order valence-corrected chi connectivity index (χ4v) is 2.51. The summed E-state index contributed by atoms with van der Waals surface area (Å²) in [5, 5.41) is 12.0. The predicted octanol–water partition coefficient (Wildman–Crippen LogP) is 1.84. The largest absolute Gasteiger partial charge is 0.355 e. The number of rotatable bonds is 8. The van der Waals surface area contributed by atoms with Crippen LogP contribution in [0.3, 0.4) is 0 Å². The van der Waals surface area contributed by atoms with E-state index in [0.29, 0.717) is 31.1 Å². The highest BCUT2D eigenvalue weighted by Gasteiger charge is 2.11. The number of amides is 1. The highest BCUT2D eigenvalue weighted by atomic mass is 32.1. The van der Waals surface area contributed by atoms with Gasteiger partial charge in [0, 0.05) is 25.4 Å². The van der Waals surface area contributed by atoms with Crippen LogP contribution < -0.4 is 10.6 Å². The summed E-state index contributed by atoms with van der Waals surface area (Å²) in [4.78, 5) is 17.0. The second-order valence-electron chi connectivity index (χ2n) is 4.75. The zero-order valence-corrected chi connectivity index (χ0v) is 13.1. The van der Waals surface area contributed by atoms with E-state index >= 15 is 0 Å². The number of likely N-dealkylation sites (N-methyl/N-ethyl adjacent to an activating group) is 1. The summed E-state index contributed by atoms with van der Waals surface area (Å²) in [5.74, 6) is 1.07. The van der Waals surface area contributed by atoms with Gasteiger partial charge in [0.05, 0.1) is 4.88 Å². The summed E-state index contributed by atoms with van der Waals surface area (Å²) in [6.07, 6.45) is 0.810. The minimum Gasteiger partial charge on any atom is -0.355 e. The lowest BCUT2D eigenvalue weighted by molar-refractivity contribution is -0.121. The molecule has 0 aliphatic rings. The normalized spacial score (nSPS) is 12.3. The van der Waals surface area contributed by atoms with Gasteiger partial charge in [0.25, 0.3) is 0 Å². The topological polar surface area (TPSA) is 80.0 Å². The molecule has 0 radical (unpaired) electrons. The third-order valence-electron chi connectivity index (χ3n) is 2.93. The van der Waals surface area contributed by atoms with Gasteiger partial charge in [-0.05, 0) is 24.9 Å². The van der Waals surface area contributed by atoms with Crippen molar-refractivity contribution in [1.82, 2.24) is 20.8 Å². The maximum absolute atomic E-state index is 11.7. The van der Waals surface area contributed by atoms with E-state index in [0.717, 1.165) is 11.4 Å². The standard InChI is InChI=1S/C14H20N4O2S/c1-3-15-10(2)9-16-12(19)6-7-13-17-14(18-20-13)11-5-4-8-21-11/h4-5,8,10,15H,3,6-7,9H2,1-2H3,(H,16,19)/t10-/m1/s1. The minimum atomic E-state index is -0.00405. The molecule has 2 N–H and O–H groups in total. The Labute approximate surface area is 127 Å². The molecule has 0 saturated carbocycles. The summed E-state index contributed by atoms with van der Waals surface area (Å²) in [6, 6.07) is 4.15. The lowest BCUT2D eigenvalue weighted by atomic mass is 10.2. The monoisotopic (exact) mass is 308 g/mol. The Kier molecular flexibility index (Phi) is 5.89. The average molecular weight is 308 g/mol. The molecule has 2 heterocycles. The van der Waals surface area contributed by atoms with Gasteiger partial charge in [0.2, 0.25) is 17.6 Å². The molecule has 6 nitrogen and oxygen atoms in total. The quantitative estimate of drug-likeness (QED) is 0.778. The summed E-state index contributed by atoms with van der Waals surface area (Å²) in [7, 11) is 0. The van der Waals surface area contributed by atoms with Gasteiger partial charge >= 0.3 is 0 Å². The number of carbonyl (C=O) groups excluding carboxylic acids is 1. The van der Waals surface area contributed by atoms with Crippen molar-refractivity contribution in [2.45, 2.75) is 32.7 Å². The first-order chi connectivity index (χ1) is 10.2. The van der Waals surface area contributed by atoms with Gasteiger partial charge in [-0.2, -0.15) is 4.98 Å². The zero-order valence-electron chi connectivity index (χ0n) is 12.3. The second-order valence-corrected chi connectivity index (χ2v) is 5.70. The molecule has 114 valence electrons. The number of nitrogens with zero attached hydrogens (tertiary/aromatic N) is 2. The van der Waals surface area contributed by atoms with Crippen LogP contribution in [0.25, 0.3) is 10.7 Å². The van der Waals surface area contributed by atoms with Crippen LogP contribution in [0, 0.1) is 0 Å². The second kappa shape index (κ2) is 7.90. The number of aryl methyl sites for hydroxylation is 1. The van der Waals surface area contributed by atoms with E-state index in [-0.39, 0.29) is 11.9 Å². The maximum Gasteiger partial charge on any atom is 0.227 e. The molecule has 2 aromatic heterocycles. The Morgan fingerprint density at radius 1 is 1.52 bits per heavy atom. The summed E-state index contributed by atoms with van der Waals surface area (Å²) in [5.41, 5.74) is 0. The smallest absolute Gasteiger partial charge is 0.227 e. The van der Waals surface area contributed by atoms with Crippen LogP contribution >= 0.6 is 11.3 Å². The van der Waals surface area contributed by atoms with Crippen molar-refractivity contribution >= 4 is 17.2 Å². The van der Waals surface area contributed by atoms with Gasteiger partial charge < -0.3 is 15.2 Å². The van der Waals surface area contributed by atoms with Crippen LogP contribution in [0.2, 0.25) is 0 Å². The van der Waals surface area contributed by atoms with Gasteiger partial charge in [0.15, 0.2) is 0 Å². The van der Waals surface area contributed by atoms with Crippen molar-refractivity contribution in [3.05, 3.63) is 23.4 Å². The molecular formula is C14H20N4O2S. The fraction of sp³-hybridized carbons (Fsp3) is 0.500. The minimum absolute atomic E-state index is 0.00405. The van der Waals surface area contributed by atoms with Gasteiger partial charge in [-0.1, -0.05) is 18.1 Å². The number of hydrogen-bond acceptors (Lipinski definition) is 6. The van der Waals surface area contributed by atoms with Crippen LogP contribution in [0.15, 0.2) is 22.0 Å². The number of aromatic nitrogens is 2. The van der Waals surface area contributed by atoms with Crippen LogP contribution in [0.4, 0.5) is 0 Å². The molecular weight excluding hydrogens is 288 g/mol. The van der Waals surface area contributed by atoms with E-state index in [1.165, 1.54) is 0 Å². The third-order valence-corrected chi connectivity index (χ3v) is 3.80. The van der Waals surface area contributed by atoms with Crippen molar-refractivity contribution in [1.29, 1.82) is 0 Å². The van der Waals surface area contributed by atoms with Gasteiger partial charge in [-0.25, -0.2) is 0 Å². The van der Waals surface area contributed by atoms with Gasteiger partial charge in [-0.15, -0.1) is 11.3 Å². The molecule has 7 heteroatoms. The molecule has 0 bridgehead atoms. The molecule has 0 aliphatic carbocycles. The van der Waals surface area contributed by atoms with Crippen LogP contribution in [-0.2, 0) is 11.2 Å². The van der Waals surface area contributed by atoms with E-state index in [2.05, 4.69) is 20.8 Å². The Bertz CT molecular complexity index is 553. The van der Waals surface area contributed by atoms with E-state index < -0.39 is 0 Å². The Hall–Kier alpha value is -1.73. The van der Waals surface area contributed by atoms with Crippen molar-refractivity contribution < 1.29 is 9.32 Å². The Balaban J connectivity index is 1.74. The summed E-state index contributed by atoms with van der Waals surface area (Å²) in [6.45, 7) is 5.59. The number of nitrogens with one attached hydrogen (secondary N) is 2. The Morgan fingerprint density at radius 3 is 3.10 bits per heavy atom. The average Bonchev–Trinajstić information content (AvgIpc) is 3.13. The van der Waals surface area contributed by atoms with E-state index in [1.807, 2.05) is 31.4 Å². The van der Waals surface area contributed by atoms with E-state index in [1.54, 1.807) is 11.3 Å². The molecule has 2 aromatic rings. The lowest BCUT2D eigenvalue weighted by Crippen LogP contribution is -2.38. The molecule has 1 amide bonds. The molecule has 0 aromatic carbocycles. The first-order valence-electron chi connectivity index (χ1n) is 7.05.